The second-order valence-electron chi connectivity index (χ2n) is 5.42. The van der Waals surface area contributed by atoms with Gasteiger partial charge in [-0.05, 0) is 50.3 Å². The summed E-state index contributed by atoms with van der Waals surface area (Å²) in [7, 11) is -3.34. The number of piperidine rings is 1. The zero-order valence-electron chi connectivity index (χ0n) is 11.5. The molecular formula is C14H22N2O2S. The maximum atomic E-state index is 12.5. The summed E-state index contributed by atoms with van der Waals surface area (Å²) in [5, 5.41) is 0. The molecule has 5 heteroatoms. The number of aryl methyl sites for hydroxylation is 1. The van der Waals surface area contributed by atoms with Crippen LogP contribution in [0.2, 0.25) is 0 Å². The first kappa shape index (κ1) is 14.5. The third-order valence-corrected chi connectivity index (χ3v) is 5.76. The summed E-state index contributed by atoms with van der Waals surface area (Å²) in [6, 6.07) is 7.23. The third kappa shape index (κ3) is 3.16. The first-order valence-electron chi connectivity index (χ1n) is 6.73. The second kappa shape index (κ2) is 5.61. The van der Waals surface area contributed by atoms with Gasteiger partial charge in [-0.3, -0.25) is 0 Å². The Hall–Kier alpha value is -0.910. The van der Waals surface area contributed by atoms with Crippen LogP contribution in [0, 0.1) is 12.8 Å². The molecule has 1 aliphatic rings. The number of benzene rings is 1. The maximum Gasteiger partial charge on any atom is 0.243 e. The van der Waals surface area contributed by atoms with E-state index >= 15 is 0 Å². The smallest absolute Gasteiger partial charge is 0.243 e. The lowest BCUT2D eigenvalue weighted by molar-refractivity contribution is 0.250. The number of nitrogens with two attached hydrogens (primary N) is 1. The van der Waals surface area contributed by atoms with Gasteiger partial charge in [0, 0.05) is 19.1 Å². The largest absolute Gasteiger partial charge is 0.328 e. The molecule has 0 amide bonds. The standard InChI is InChI=1S/C14H22N2O2S/c1-11-4-3-5-14(10-11)19(17,18)16-8-6-13(7-9-16)12(2)15/h3-5,10,12-13H,6-9,15H2,1-2H3. The van der Waals surface area contributed by atoms with Crippen LogP contribution in [-0.2, 0) is 10.0 Å². The minimum absolute atomic E-state index is 0.142. The van der Waals surface area contributed by atoms with Gasteiger partial charge in [-0.25, -0.2) is 8.42 Å². The van der Waals surface area contributed by atoms with E-state index in [2.05, 4.69) is 0 Å². The molecule has 19 heavy (non-hydrogen) atoms. The van der Waals surface area contributed by atoms with Gasteiger partial charge in [0.2, 0.25) is 10.0 Å². The van der Waals surface area contributed by atoms with E-state index in [4.69, 9.17) is 5.73 Å². The van der Waals surface area contributed by atoms with Crippen LogP contribution in [0.3, 0.4) is 0 Å². The summed E-state index contributed by atoms with van der Waals surface area (Å²) in [6.45, 7) is 5.04. The molecule has 0 radical (unpaired) electrons. The number of hydrogen-bond donors (Lipinski definition) is 1. The van der Waals surface area contributed by atoms with Crippen molar-refractivity contribution in [1.82, 2.24) is 4.31 Å². The zero-order valence-corrected chi connectivity index (χ0v) is 12.4. The Labute approximate surface area is 115 Å². The van der Waals surface area contributed by atoms with E-state index in [1.165, 1.54) is 0 Å². The molecule has 1 heterocycles. The van der Waals surface area contributed by atoms with E-state index in [1.807, 2.05) is 19.9 Å². The summed E-state index contributed by atoms with van der Waals surface area (Å²) >= 11 is 0. The van der Waals surface area contributed by atoms with Crippen LogP contribution in [-0.4, -0.2) is 31.9 Å². The van der Waals surface area contributed by atoms with Gasteiger partial charge in [-0.2, -0.15) is 4.31 Å². The fourth-order valence-electron chi connectivity index (χ4n) is 2.57. The van der Waals surface area contributed by atoms with E-state index in [0.717, 1.165) is 18.4 Å². The Morgan fingerprint density at radius 1 is 1.32 bits per heavy atom. The molecule has 1 fully saturated rings. The highest BCUT2D eigenvalue weighted by molar-refractivity contribution is 7.89. The molecule has 1 unspecified atom stereocenters. The van der Waals surface area contributed by atoms with Crippen molar-refractivity contribution in [3.63, 3.8) is 0 Å². The summed E-state index contributed by atoms with van der Waals surface area (Å²) in [5.74, 6) is 0.434. The molecule has 1 atom stereocenters. The molecule has 1 aromatic carbocycles. The number of hydrogen-bond acceptors (Lipinski definition) is 3. The highest BCUT2D eigenvalue weighted by Gasteiger charge is 2.30. The second-order valence-corrected chi connectivity index (χ2v) is 7.36. The van der Waals surface area contributed by atoms with Crippen molar-refractivity contribution in [1.29, 1.82) is 0 Å². The minimum Gasteiger partial charge on any atom is -0.328 e. The van der Waals surface area contributed by atoms with Crippen molar-refractivity contribution in [3.05, 3.63) is 29.8 Å². The molecule has 0 aromatic heterocycles. The molecule has 0 aliphatic carbocycles. The number of sulfonamides is 1. The van der Waals surface area contributed by atoms with Gasteiger partial charge in [0.05, 0.1) is 4.90 Å². The zero-order chi connectivity index (χ0) is 14.0. The van der Waals surface area contributed by atoms with Crippen LogP contribution in [0.5, 0.6) is 0 Å². The van der Waals surface area contributed by atoms with Crippen molar-refractivity contribution >= 4 is 10.0 Å². The first-order chi connectivity index (χ1) is 8.91. The molecule has 0 spiro atoms. The van der Waals surface area contributed by atoms with Crippen molar-refractivity contribution in [2.75, 3.05) is 13.1 Å². The van der Waals surface area contributed by atoms with Crippen LogP contribution in [0.4, 0.5) is 0 Å². The Kier molecular flexibility index (Phi) is 4.28. The van der Waals surface area contributed by atoms with Crippen LogP contribution in [0.1, 0.15) is 25.3 Å². The first-order valence-corrected chi connectivity index (χ1v) is 8.17. The van der Waals surface area contributed by atoms with Gasteiger partial charge in [0.25, 0.3) is 0 Å². The molecular weight excluding hydrogens is 260 g/mol. The lowest BCUT2D eigenvalue weighted by Gasteiger charge is -2.32. The molecule has 0 saturated carbocycles. The summed E-state index contributed by atoms with van der Waals surface area (Å²) in [4.78, 5) is 0.395. The molecule has 1 saturated heterocycles. The van der Waals surface area contributed by atoms with Crippen LogP contribution in [0.25, 0.3) is 0 Å². The average Bonchev–Trinajstić information content (AvgIpc) is 2.39. The minimum atomic E-state index is -3.34. The van der Waals surface area contributed by atoms with Gasteiger partial charge in [-0.15, -0.1) is 0 Å². The number of rotatable bonds is 3. The Morgan fingerprint density at radius 3 is 2.47 bits per heavy atom. The molecule has 0 bridgehead atoms. The van der Waals surface area contributed by atoms with Gasteiger partial charge in [-0.1, -0.05) is 12.1 Å². The highest BCUT2D eigenvalue weighted by atomic mass is 32.2. The van der Waals surface area contributed by atoms with Crippen molar-refractivity contribution in [2.24, 2.45) is 11.7 Å². The number of nitrogens with zero attached hydrogens (tertiary/aromatic N) is 1. The Balaban J connectivity index is 2.14. The maximum absolute atomic E-state index is 12.5. The topological polar surface area (TPSA) is 63.4 Å². The van der Waals surface area contributed by atoms with Gasteiger partial charge >= 0.3 is 0 Å². The summed E-state index contributed by atoms with van der Waals surface area (Å²) in [6.07, 6.45) is 1.70. The van der Waals surface area contributed by atoms with Gasteiger partial charge in [0.1, 0.15) is 0 Å². The average molecular weight is 282 g/mol. The predicted molar refractivity (Wildman–Crippen MR) is 76.3 cm³/mol. The molecule has 1 aliphatic heterocycles. The van der Waals surface area contributed by atoms with Crippen molar-refractivity contribution in [3.8, 4) is 0 Å². The van der Waals surface area contributed by atoms with Gasteiger partial charge in [0.15, 0.2) is 0 Å². The van der Waals surface area contributed by atoms with Crippen LogP contribution in [0.15, 0.2) is 29.2 Å². The van der Waals surface area contributed by atoms with E-state index in [-0.39, 0.29) is 6.04 Å². The quantitative estimate of drug-likeness (QED) is 0.918. The van der Waals surface area contributed by atoms with Crippen LogP contribution >= 0.6 is 0 Å². The van der Waals surface area contributed by atoms with E-state index in [0.29, 0.717) is 23.9 Å². The molecule has 2 rings (SSSR count). The Morgan fingerprint density at radius 2 is 1.95 bits per heavy atom. The van der Waals surface area contributed by atoms with E-state index in [9.17, 15) is 8.42 Å². The normalized spacial score (nSPS) is 20.4. The van der Waals surface area contributed by atoms with Crippen molar-refractivity contribution < 1.29 is 8.42 Å². The monoisotopic (exact) mass is 282 g/mol. The lowest BCUT2D eigenvalue weighted by Crippen LogP contribution is -2.42. The van der Waals surface area contributed by atoms with E-state index < -0.39 is 10.0 Å². The van der Waals surface area contributed by atoms with Gasteiger partial charge < -0.3 is 5.73 Å². The third-order valence-electron chi connectivity index (χ3n) is 3.87. The molecule has 1 aromatic rings. The predicted octanol–water partition coefficient (Wildman–Crippen LogP) is 1.74. The van der Waals surface area contributed by atoms with Crippen LogP contribution < -0.4 is 5.73 Å². The molecule has 106 valence electrons. The molecule has 4 nitrogen and oxygen atoms in total. The van der Waals surface area contributed by atoms with Crippen molar-refractivity contribution in [2.45, 2.75) is 37.6 Å². The lowest BCUT2D eigenvalue weighted by atomic mass is 9.92. The highest BCUT2D eigenvalue weighted by Crippen LogP contribution is 2.25. The summed E-state index contributed by atoms with van der Waals surface area (Å²) in [5.41, 5.74) is 6.85. The SMILES string of the molecule is Cc1cccc(S(=O)(=O)N2CCC(C(C)N)CC2)c1. The Bertz CT molecular complexity index is 532. The van der Waals surface area contributed by atoms with E-state index in [1.54, 1.807) is 22.5 Å². The summed E-state index contributed by atoms with van der Waals surface area (Å²) < 4.78 is 26.6. The fraction of sp³-hybridized carbons (Fsp3) is 0.571. The fourth-order valence-corrected chi connectivity index (χ4v) is 4.14. The molecule has 2 N–H and O–H groups in total.